The lowest BCUT2D eigenvalue weighted by Gasteiger charge is -2.33. The lowest BCUT2D eigenvalue weighted by atomic mass is 10.3. The van der Waals surface area contributed by atoms with Gasteiger partial charge in [0.05, 0.1) is 0 Å². The van der Waals surface area contributed by atoms with E-state index in [0.717, 1.165) is 0 Å². The van der Waals surface area contributed by atoms with Crippen molar-refractivity contribution in [3.63, 3.8) is 0 Å². The van der Waals surface area contributed by atoms with Crippen molar-refractivity contribution in [2.45, 2.75) is 39.8 Å². The molecule has 1 atom stereocenters. The molecule has 11 heavy (non-hydrogen) atoms. The summed E-state index contributed by atoms with van der Waals surface area (Å²) in [5.74, 6) is 0. The second-order valence-corrected chi connectivity index (χ2v) is 20.9. The van der Waals surface area contributed by atoms with Gasteiger partial charge >= 0.3 is 0 Å². The Morgan fingerprint density at radius 3 is 1.73 bits per heavy atom. The Morgan fingerprint density at radius 1 is 1.27 bits per heavy atom. The second-order valence-electron chi connectivity index (χ2n) is 3.48. The third kappa shape index (κ3) is 3.89. The van der Waals surface area contributed by atoms with Gasteiger partial charge in [0.15, 0.2) is 7.79 Å². The molecule has 0 aromatic rings. The minimum absolute atomic E-state index is 0.174. The standard InChI is InChI=1S/C6H20ClNSi3/c1-5(2)8(6(3)4)11(7)10-9/h5-6,11H,10H2,1-4,9H3. The summed E-state index contributed by atoms with van der Waals surface area (Å²) >= 11 is 6.38. The van der Waals surface area contributed by atoms with Crippen LogP contribution in [0.1, 0.15) is 27.7 Å². The van der Waals surface area contributed by atoms with E-state index in [2.05, 4.69) is 32.3 Å². The zero-order chi connectivity index (χ0) is 9.02. The molecule has 0 amide bonds. The van der Waals surface area contributed by atoms with E-state index in [0.29, 0.717) is 12.1 Å². The average molecular weight is 226 g/mol. The molecule has 0 heterocycles. The van der Waals surface area contributed by atoms with Crippen molar-refractivity contribution in [1.29, 1.82) is 0 Å². The molecule has 1 unspecified atom stereocenters. The molecule has 1 nitrogen and oxygen atoms in total. The van der Waals surface area contributed by atoms with E-state index in [9.17, 15) is 0 Å². The molecule has 0 fully saturated rings. The van der Waals surface area contributed by atoms with Gasteiger partial charge in [-0.25, -0.2) is 0 Å². The molecule has 0 spiro atoms. The van der Waals surface area contributed by atoms with Crippen LogP contribution in [0.5, 0.6) is 0 Å². The van der Waals surface area contributed by atoms with Crippen LogP contribution in [0, 0.1) is 0 Å². The van der Waals surface area contributed by atoms with Gasteiger partial charge in [0.1, 0.15) is 0 Å². The lowest BCUT2D eigenvalue weighted by molar-refractivity contribution is 0.314. The number of rotatable bonds is 4. The number of hydrogen-bond donors (Lipinski definition) is 0. The fraction of sp³-hybridized carbons (Fsp3) is 1.00. The van der Waals surface area contributed by atoms with E-state index < -0.39 is 7.79 Å². The van der Waals surface area contributed by atoms with Crippen LogP contribution in [0.3, 0.4) is 0 Å². The summed E-state index contributed by atoms with van der Waals surface area (Å²) in [6, 6.07) is 1.32. The first-order valence-corrected chi connectivity index (χ1v) is 15.6. The van der Waals surface area contributed by atoms with Crippen molar-refractivity contribution in [1.82, 2.24) is 4.57 Å². The normalized spacial score (nSPS) is 16.4. The maximum absolute atomic E-state index is 6.38. The molecule has 0 N–H and O–H groups in total. The van der Waals surface area contributed by atoms with Crippen LogP contribution >= 0.6 is 11.1 Å². The number of hydrogen-bond acceptors (Lipinski definition) is 1. The summed E-state index contributed by atoms with van der Waals surface area (Å²) in [5, 5.41) is 0. The van der Waals surface area contributed by atoms with Gasteiger partial charge in [0.2, 0.25) is 0 Å². The van der Waals surface area contributed by atoms with Crippen LogP contribution in [-0.4, -0.2) is 42.7 Å². The van der Waals surface area contributed by atoms with Crippen molar-refractivity contribution < 1.29 is 0 Å². The molecule has 0 saturated carbocycles. The zero-order valence-electron chi connectivity index (χ0n) is 8.26. The van der Waals surface area contributed by atoms with Gasteiger partial charge in [-0.1, -0.05) is 27.7 Å². The highest BCUT2D eigenvalue weighted by atomic mass is 35.6. The number of halogens is 1. The Labute approximate surface area is 81.7 Å². The average Bonchev–Trinajstić information content (AvgIpc) is 1.85. The molecule has 0 aliphatic heterocycles. The summed E-state index contributed by atoms with van der Waals surface area (Å²) < 4.78 is 2.56. The quantitative estimate of drug-likeness (QED) is 0.461. The first-order chi connectivity index (χ1) is 5.00. The van der Waals surface area contributed by atoms with Crippen molar-refractivity contribution >= 4 is 37.2 Å². The highest BCUT2D eigenvalue weighted by molar-refractivity contribution is 7.46. The smallest absolute Gasteiger partial charge is 0.190 e. The molecule has 0 bridgehead atoms. The van der Waals surface area contributed by atoms with Crippen molar-refractivity contribution in [2.24, 2.45) is 0 Å². The Hall–Kier alpha value is 0.901. The van der Waals surface area contributed by atoms with Crippen LogP contribution in [0.4, 0.5) is 0 Å². The number of nitrogens with zero attached hydrogens (tertiary/aromatic N) is 1. The molecule has 0 aliphatic rings. The third-order valence-corrected chi connectivity index (χ3v) is 22.7. The van der Waals surface area contributed by atoms with Gasteiger partial charge in [-0.15, -0.1) is 0 Å². The molecular weight excluding hydrogens is 206 g/mol. The Bertz CT molecular complexity index is 102. The maximum Gasteiger partial charge on any atom is 0.190 e. The highest BCUT2D eigenvalue weighted by Gasteiger charge is 2.21. The molecule has 0 saturated heterocycles. The van der Waals surface area contributed by atoms with Gasteiger partial charge in [0, 0.05) is 8.55 Å². The minimum Gasteiger partial charge on any atom is -0.312 e. The minimum atomic E-state index is -0.906. The van der Waals surface area contributed by atoms with Crippen molar-refractivity contribution in [3.8, 4) is 0 Å². The van der Waals surface area contributed by atoms with E-state index in [1.807, 2.05) is 0 Å². The SMILES string of the molecule is CC(C)N(C(C)C)[SiH](Cl)[SiH2][SiH3]. The Morgan fingerprint density at radius 2 is 1.64 bits per heavy atom. The van der Waals surface area contributed by atoms with E-state index in [1.54, 1.807) is 0 Å². The summed E-state index contributed by atoms with van der Waals surface area (Å²) in [4.78, 5) is 0. The first kappa shape index (κ1) is 11.9. The highest BCUT2D eigenvalue weighted by Crippen LogP contribution is 2.09. The van der Waals surface area contributed by atoms with E-state index in [4.69, 9.17) is 11.1 Å². The topological polar surface area (TPSA) is 3.24 Å². The fourth-order valence-corrected chi connectivity index (χ4v) is 12.1. The third-order valence-electron chi connectivity index (χ3n) is 1.85. The summed E-state index contributed by atoms with van der Waals surface area (Å²) in [5.41, 5.74) is 0. The lowest BCUT2D eigenvalue weighted by Crippen LogP contribution is -2.48. The predicted molar refractivity (Wildman–Crippen MR) is 63.6 cm³/mol. The van der Waals surface area contributed by atoms with Crippen LogP contribution in [0.25, 0.3) is 0 Å². The molecule has 0 radical (unpaired) electrons. The molecular formula is C6H20ClNSi3. The maximum atomic E-state index is 6.38. The van der Waals surface area contributed by atoms with Crippen LogP contribution < -0.4 is 0 Å². The van der Waals surface area contributed by atoms with Gasteiger partial charge in [-0.3, -0.25) is 0 Å². The monoisotopic (exact) mass is 225 g/mol. The van der Waals surface area contributed by atoms with E-state index >= 15 is 0 Å². The van der Waals surface area contributed by atoms with Crippen molar-refractivity contribution in [3.05, 3.63) is 0 Å². The second kappa shape index (κ2) is 5.53. The van der Waals surface area contributed by atoms with Crippen LogP contribution in [0.2, 0.25) is 0 Å². The van der Waals surface area contributed by atoms with E-state index in [-0.39, 0.29) is 8.55 Å². The summed E-state index contributed by atoms with van der Waals surface area (Å²) in [6.07, 6.45) is 0. The first-order valence-electron chi connectivity index (χ1n) is 4.42. The molecule has 5 heteroatoms. The van der Waals surface area contributed by atoms with Crippen LogP contribution in [-0.2, 0) is 0 Å². The molecule has 0 aromatic carbocycles. The summed E-state index contributed by atoms with van der Waals surface area (Å²) in [6.45, 7) is 9.03. The van der Waals surface area contributed by atoms with Gasteiger partial charge < -0.3 is 4.57 Å². The zero-order valence-corrected chi connectivity index (χ0v) is 13.6. The van der Waals surface area contributed by atoms with Gasteiger partial charge in [0.25, 0.3) is 0 Å². The van der Waals surface area contributed by atoms with Crippen LogP contribution in [0.15, 0.2) is 0 Å². The van der Waals surface area contributed by atoms with Gasteiger partial charge in [-0.2, -0.15) is 11.1 Å². The molecule has 0 aromatic heterocycles. The Kier molecular flexibility index (Phi) is 5.98. The molecule has 0 rings (SSSR count). The predicted octanol–water partition coefficient (Wildman–Crippen LogP) is -0.490. The molecule has 0 aliphatic carbocycles. The Balaban J connectivity index is 4.09. The largest absolute Gasteiger partial charge is 0.312 e. The molecule has 68 valence electrons. The van der Waals surface area contributed by atoms with Crippen molar-refractivity contribution in [2.75, 3.05) is 0 Å². The fourth-order valence-electron chi connectivity index (χ4n) is 1.45. The van der Waals surface area contributed by atoms with Gasteiger partial charge in [-0.05, 0) is 21.8 Å². The van der Waals surface area contributed by atoms with E-state index in [1.165, 1.54) is 9.76 Å². The summed E-state index contributed by atoms with van der Waals surface area (Å²) in [7, 11) is 0.658.